The Kier molecular flexibility index (Phi) is 6.97. The molecule has 1 fully saturated rings. The molecule has 1 aliphatic rings. The summed E-state index contributed by atoms with van der Waals surface area (Å²) in [6.45, 7) is 12.8. The van der Waals surface area contributed by atoms with Crippen molar-refractivity contribution in [2.24, 2.45) is 10.9 Å². The van der Waals surface area contributed by atoms with E-state index in [2.05, 4.69) is 59.3 Å². The van der Waals surface area contributed by atoms with Gasteiger partial charge in [0.05, 0.1) is 6.54 Å². The summed E-state index contributed by atoms with van der Waals surface area (Å²) in [4.78, 5) is 9.41. The fourth-order valence-electron chi connectivity index (χ4n) is 3.92. The summed E-state index contributed by atoms with van der Waals surface area (Å²) in [5.74, 6) is 2.37. The van der Waals surface area contributed by atoms with Gasteiger partial charge in [0.15, 0.2) is 5.96 Å². The molecule has 154 valence electrons. The number of hydrogen-bond donors (Lipinski definition) is 2. The van der Waals surface area contributed by atoms with E-state index in [0.717, 1.165) is 50.0 Å². The molecule has 0 amide bonds. The lowest BCUT2D eigenvalue weighted by molar-refractivity contribution is 0.0900. The third-order valence-corrected chi connectivity index (χ3v) is 5.84. The van der Waals surface area contributed by atoms with Crippen molar-refractivity contribution in [1.82, 2.24) is 20.4 Å². The maximum Gasteiger partial charge on any atom is 0.191 e. The Morgan fingerprint density at radius 1 is 1.14 bits per heavy atom. The zero-order valence-electron chi connectivity index (χ0n) is 18.0. The Bertz CT molecular complexity index is 789. The quantitative estimate of drug-likeness (QED) is 0.591. The lowest BCUT2D eigenvalue weighted by Gasteiger charge is -2.40. The molecule has 1 aromatic heterocycles. The van der Waals surface area contributed by atoms with Gasteiger partial charge in [0.25, 0.3) is 0 Å². The highest BCUT2D eigenvalue weighted by Crippen LogP contribution is 2.24. The van der Waals surface area contributed by atoms with Gasteiger partial charge in [-0.05, 0) is 26.0 Å². The number of aliphatic imine (C=N–C) groups is 1. The van der Waals surface area contributed by atoms with Crippen LogP contribution in [0.15, 0.2) is 33.7 Å². The van der Waals surface area contributed by atoms with Crippen molar-refractivity contribution in [1.29, 1.82) is 0 Å². The van der Waals surface area contributed by atoms with Crippen LogP contribution in [0.2, 0.25) is 0 Å². The maximum absolute atomic E-state index is 6.00. The highest BCUT2D eigenvalue weighted by molar-refractivity contribution is 5.82. The summed E-state index contributed by atoms with van der Waals surface area (Å²) in [5, 5.41) is 8.11. The summed E-state index contributed by atoms with van der Waals surface area (Å²) in [7, 11) is 4.02. The average molecular weight is 386 g/mol. The largest absolute Gasteiger partial charge is 0.459 e. The second-order valence-electron chi connectivity index (χ2n) is 8.10. The highest BCUT2D eigenvalue weighted by atomic mass is 16.3. The minimum absolute atomic E-state index is 0.500. The molecule has 6 heteroatoms. The number of rotatable bonds is 6. The van der Waals surface area contributed by atoms with E-state index in [1.165, 1.54) is 10.9 Å². The maximum atomic E-state index is 6.00. The molecule has 2 heterocycles. The van der Waals surface area contributed by atoms with Crippen LogP contribution in [0.1, 0.15) is 25.2 Å². The van der Waals surface area contributed by atoms with Gasteiger partial charge >= 0.3 is 0 Å². The lowest BCUT2D eigenvalue weighted by Crippen LogP contribution is -2.55. The Morgan fingerprint density at radius 3 is 2.50 bits per heavy atom. The van der Waals surface area contributed by atoms with Crippen LogP contribution >= 0.6 is 0 Å². The minimum atomic E-state index is 0.500. The second-order valence-corrected chi connectivity index (χ2v) is 8.10. The summed E-state index contributed by atoms with van der Waals surface area (Å²) in [5.41, 5.74) is 2.13. The molecule has 1 unspecified atom stereocenters. The number of nitrogens with one attached hydrogen (secondary N) is 2. The van der Waals surface area contributed by atoms with Gasteiger partial charge in [0, 0.05) is 56.8 Å². The SMILES string of the molecule is CN=C(NCc1oc2ccccc2c1C)NCC(C(C)C)N1CCN(C)CC1. The fraction of sp³-hybridized carbons (Fsp3) is 0.591. The first kappa shape index (κ1) is 20.7. The number of fused-ring (bicyclic) bond motifs is 1. The molecule has 1 atom stereocenters. The summed E-state index contributed by atoms with van der Waals surface area (Å²) in [6.07, 6.45) is 0. The molecular weight excluding hydrogens is 350 g/mol. The van der Waals surface area contributed by atoms with Crippen molar-refractivity contribution < 1.29 is 4.42 Å². The van der Waals surface area contributed by atoms with Gasteiger partial charge in [0.2, 0.25) is 0 Å². The second kappa shape index (κ2) is 9.43. The van der Waals surface area contributed by atoms with Gasteiger partial charge < -0.3 is 20.0 Å². The predicted molar refractivity (Wildman–Crippen MR) is 117 cm³/mol. The zero-order valence-corrected chi connectivity index (χ0v) is 18.0. The van der Waals surface area contributed by atoms with Crippen LogP contribution in [-0.2, 0) is 6.54 Å². The van der Waals surface area contributed by atoms with Crippen molar-refractivity contribution in [3.05, 3.63) is 35.6 Å². The zero-order chi connectivity index (χ0) is 20.1. The van der Waals surface area contributed by atoms with E-state index in [9.17, 15) is 0 Å². The number of aryl methyl sites for hydroxylation is 1. The van der Waals surface area contributed by atoms with Crippen LogP contribution in [-0.4, -0.2) is 68.6 Å². The van der Waals surface area contributed by atoms with Crippen LogP contribution in [0.25, 0.3) is 11.0 Å². The Labute approximate surface area is 169 Å². The topological polar surface area (TPSA) is 56.0 Å². The molecule has 0 bridgehead atoms. The number of nitrogens with zero attached hydrogens (tertiary/aromatic N) is 3. The monoisotopic (exact) mass is 385 g/mol. The van der Waals surface area contributed by atoms with Gasteiger partial charge in [-0.1, -0.05) is 32.0 Å². The van der Waals surface area contributed by atoms with E-state index in [1.807, 2.05) is 25.2 Å². The molecule has 1 aliphatic heterocycles. The number of benzene rings is 1. The first-order valence-corrected chi connectivity index (χ1v) is 10.3. The first-order chi connectivity index (χ1) is 13.5. The van der Waals surface area contributed by atoms with Crippen molar-refractivity contribution in [3.63, 3.8) is 0 Å². The van der Waals surface area contributed by atoms with Crippen LogP contribution in [0.3, 0.4) is 0 Å². The standard InChI is InChI=1S/C22H35N5O/c1-16(2)19(27-12-10-26(5)11-13-27)14-24-22(23-4)25-15-21-17(3)18-8-6-7-9-20(18)28-21/h6-9,16,19H,10-15H2,1-5H3,(H2,23,24,25). The van der Waals surface area contributed by atoms with Gasteiger partial charge in [0.1, 0.15) is 11.3 Å². The van der Waals surface area contributed by atoms with Crippen molar-refractivity contribution in [3.8, 4) is 0 Å². The summed E-state index contributed by atoms with van der Waals surface area (Å²) < 4.78 is 6.00. The fourth-order valence-corrected chi connectivity index (χ4v) is 3.92. The van der Waals surface area contributed by atoms with Crippen molar-refractivity contribution in [2.45, 2.75) is 33.4 Å². The number of likely N-dealkylation sites (N-methyl/N-ethyl adjacent to an activating group) is 1. The number of para-hydroxylation sites is 1. The predicted octanol–water partition coefficient (Wildman–Crippen LogP) is 2.68. The Balaban J connectivity index is 1.56. The summed E-state index contributed by atoms with van der Waals surface area (Å²) in [6, 6.07) is 8.68. The normalized spacial score (nSPS) is 18.0. The van der Waals surface area contributed by atoms with Crippen LogP contribution in [0, 0.1) is 12.8 Å². The van der Waals surface area contributed by atoms with Gasteiger partial charge in [-0.2, -0.15) is 0 Å². The average Bonchev–Trinajstić information content (AvgIpc) is 3.01. The molecule has 0 saturated carbocycles. The molecule has 0 radical (unpaired) electrons. The Morgan fingerprint density at radius 2 is 1.86 bits per heavy atom. The first-order valence-electron chi connectivity index (χ1n) is 10.3. The van der Waals surface area contributed by atoms with E-state index in [-0.39, 0.29) is 0 Å². The van der Waals surface area contributed by atoms with Gasteiger partial charge in [-0.25, -0.2) is 0 Å². The molecule has 1 aromatic carbocycles. The Hall–Kier alpha value is -2.05. The van der Waals surface area contributed by atoms with E-state index < -0.39 is 0 Å². The summed E-state index contributed by atoms with van der Waals surface area (Å²) >= 11 is 0. The molecule has 3 rings (SSSR count). The molecule has 0 aliphatic carbocycles. The molecule has 28 heavy (non-hydrogen) atoms. The van der Waals surface area contributed by atoms with Crippen LogP contribution in [0.5, 0.6) is 0 Å². The minimum Gasteiger partial charge on any atom is -0.459 e. The van der Waals surface area contributed by atoms with Gasteiger partial charge in [-0.3, -0.25) is 9.89 Å². The highest BCUT2D eigenvalue weighted by Gasteiger charge is 2.25. The van der Waals surface area contributed by atoms with E-state index in [1.54, 1.807) is 0 Å². The van der Waals surface area contributed by atoms with E-state index in [0.29, 0.717) is 18.5 Å². The molecular formula is C22H35N5O. The number of piperazine rings is 1. The number of hydrogen-bond acceptors (Lipinski definition) is 4. The number of guanidine groups is 1. The third-order valence-electron chi connectivity index (χ3n) is 5.84. The van der Waals surface area contributed by atoms with Crippen LogP contribution in [0.4, 0.5) is 0 Å². The molecule has 1 saturated heterocycles. The number of furan rings is 1. The van der Waals surface area contributed by atoms with Crippen molar-refractivity contribution >= 4 is 16.9 Å². The molecule has 2 aromatic rings. The van der Waals surface area contributed by atoms with E-state index >= 15 is 0 Å². The van der Waals surface area contributed by atoms with Crippen LogP contribution < -0.4 is 10.6 Å². The lowest BCUT2D eigenvalue weighted by atomic mass is 10.0. The molecule has 2 N–H and O–H groups in total. The smallest absolute Gasteiger partial charge is 0.191 e. The molecule has 0 spiro atoms. The van der Waals surface area contributed by atoms with Gasteiger partial charge in [-0.15, -0.1) is 0 Å². The molecule has 6 nitrogen and oxygen atoms in total. The van der Waals surface area contributed by atoms with E-state index in [4.69, 9.17) is 4.42 Å². The third kappa shape index (κ3) is 4.86. The van der Waals surface area contributed by atoms with Crippen molar-refractivity contribution in [2.75, 3.05) is 46.8 Å².